The summed E-state index contributed by atoms with van der Waals surface area (Å²) in [6, 6.07) is 2.02. The van der Waals surface area contributed by atoms with Crippen molar-refractivity contribution in [3.8, 4) is 0 Å². The van der Waals surface area contributed by atoms with Gasteiger partial charge in [-0.25, -0.2) is 4.68 Å². The molecule has 0 radical (unpaired) electrons. The van der Waals surface area contributed by atoms with E-state index in [9.17, 15) is 4.79 Å². The van der Waals surface area contributed by atoms with Crippen LogP contribution < -0.4 is 10.6 Å². The van der Waals surface area contributed by atoms with Crippen LogP contribution in [-0.2, 0) is 18.4 Å². The maximum atomic E-state index is 12.1. The van der Waals surface area contributed by atoms with Gasteiger partial charge >= 0.3 is 0 Å². The highest BCUT2D eigenvalue weighted by molar-refractivity contribution is 7.99. The summed E-state index contributed by atoms with van der Waals surface area (Å²) in [6.07, 6.45) is 4.08. The molecule has 3 heterocycles. The zero-order valence-electron chi connectivity index (χ0n) is 14.1. The fraction of sp³-hybridized carbons (Fsp3) is 0.643. The Morgan fingerprint density at radius 3 is 3.12 bits per heavy atom. The summed E-state index contributed by atoms with van der Waals surface area (Å²) in [5.41, 5.74) is 1.14. The summed E-state index contributed by atoms with van der Waals surface area (Å²) in [5.74, 6) is 1.13. The zero-order valence-corrected chi connectivity index (χ0v) is 15.7. The molecule has 25 heavy (non-hydrogen) atoms. The zero-order chi connectivity index (χ0) is 16.8. The van der Waals surface area contributed by atoms with Crippen LogP contribution in [0.1, 0.15) is 24.5 Å². The Kier molecular flexibility index (Phi) is 7.66. The van der Waals surface area contributed by atoms with Crippen LogP contribution in [0.15, 0.2) is 17.4 Å². The van der Waals surface area contributed by atoms with Crippen LogP contribution in [0.2, 0.25) is 0 Å². The first-order valence-corrected chi connectivity index (χ1v) is 9.07. The van der Waals surface area contributed by atoms with Crippen molar-refractivity contribution in [2.24, 2.45) is 7.05 Å². The van der Waals surface area contributed by atoms with Crippen LogP contribution in [0.5, 0.6) is 0 Å². The van der Waals surface area contributed by atoms with Crippen LogP contribution in [0.4, 0.5) is 0 Å². The van der Waals surface area contributed by atoms with E-state index in [1.54, 1.807) is 17.9 Å². The Morgan fingerprint density at radius 1 is 1.52 bits per heavy atom. The molecule has 0 saturated carbocycles. The number of aromatic nitrogens is 6. The Morgan fingerprint density at radius 2 is 2.40 bits per heavy atom. The molecule has 1 saturated heterocycles. The SMILES string of the molecule is Cl.Cn1nnnc1SCCNC(=O)Cn1nccc1C1CCCNC1. The first-order valence-electron chi connectivity index (χ1n) is 8.08. The van der Waals surface area contributed by atoms with Gasteiger partial charge in [0.2, 0.25) is 11.1 Å². The molecule has 3 rings (SSSR count). The molecule has 138 valence electrons. The number of amides is 1. The minimum absolute atomic E-state index is 0. The van der Waals surface area contributed by atoms with Gasteiger partial charge in [-0.15, -0.1) is 17.5 Å². The Hall–Kier alpha value is -1.65. The van der Waals surface area contributed by atoms with Crippen LogP contribution in [0.25, 0.3) is 0 Å². The van der Waals surface area contributed by atoms with Crippen LogP contribution >= 0.6 is 24.2 Å². The van der Waals surface area contributed by atoms with Crippen molar-refractivity contribution >= 4 is 30.1 Å². The normalized spacial score (nSPS) is 17.1. The van der Waals surface area contributed by atoms with Crippen molar-refractivity contribution in [1.82, 2.24) is 40.6 Å². The van der Waals surface area contributed by atoms with Crippen molar-refractivity contribution in [2.75, 3.05) is 25.4 Å². The molecule has 2 N–H and O–H groups in total. The van der Waals surface area contributed by atoms with Crippen molar-refractivity contribution < 1.29 is 4.79 Å². The number of hydrogen-bond acceptors (Lipinski definition) is 7. The van der Waals surface area contributed by atoms with Crippen molar-refractivity contribution in [2.45, 2.75) is 30.5 Å². The van der Waals surface area contributed by atoms with E-state index in [2.05, 4.69) is 31.3 Å². The number of nitrogens with zero attached hydrogens (tertiary/aromatic N) is 6. The monoisotopic (exact) mass is 386 g/mol. The summed E-state index contributed by atoms with van der Waals surface area (Å²) in [4.78, 5) is 12.1. The van der Waals surface area contributed by atoms with E-state index in [0.29, 0.717) is 12.5 Å². The largest absolute Gasteiger partial charge is 0.354 e. The van der Waals surface area contributed by atoms with Gasteiger partial charge in [-0.05, 0) is 35.9 Å². The van der Waals surface area contributed by atoms with Gasteiger partial charge in [0.1, 0.15) is 6.54 Å². The molecule has 2 aromatic heterocycles. The fourth-order valence-electron chi connectivity index (χ4n) is 2.79. The summed E-state index contributed by atoms with van der Waals surface area (Å²) >= 11 is 1.51. The molecule has 0 aromatic carbocycles. The first-order chi connectivity index (χ1) is 11.7. The van der Waals surface area contributed by atoms with Gasteiger partial charge in [0.25, 0.3) is 0 Å². The molecular formula is C14H23ClN8OS. The molecule has 1 aliphatic heterocycles. The first kappa shape index (κ1) is 19.7. The highest BCUT2D eigenvalue weighted by Gasteiger charge is 2.19. The quantitative estimate of drug-likeness (QED) is 0.517. The smallest absolute Gasteiger partial charge is 0.241 e. The lowest BCUT2D eigenvalue weighted by Gasteiger charge is -2.23. The van der Waals surface area contributed by atoms with E-state index in [0.717, 1.165) is 42.5 Å². The Labute approximate surface area is 156 Å². The molecule has 1 amide bonds. The van der Waals surface area contributed by atoms with E-state index in [4.69, 9.17) is 0 Å². The third-order valence-electron chi connectivity index (χ3n) is 3.99. The average Bonchev–Trinajstić information content (AvgIpc) is 3.21. The molecule has 1 fully saturated rings. The van der Waals surface area contributed by atoms with Crippen molar-refractivity contribution in [3.63, 3.8) is 0 Å². The van der Waals surface area contributed by atoms with Crippen LogP contribution in [0, 0.1) is 0 Å². The lowest BCUT2D eigenvalue weighted by atomic mass is 9.96. The molecular weight excluding hydrogens is 364 g/mol. The van der Waals surface area contributed by atoms with Gasteiger partial charge in [0, 0.05) is 43.7 Å². The number of piperidine rings is 1. The maximum Gasteiger partial charge on any atom is 0.241 e. The molecule has 1 atom stereocenters. The topological polar surface area (TPSA) is 103 Å². The second kappa shape index (κ2) is 9.73. The van der Waals surface area contributed by atoms with Gasteiger partial charge < -0.3 is 10.6 Å². The molecule has 0 bridgehead atoms. The minimum atomic E-state index is -0.0274. The van der Waals surface area contributed by atoms with Crippen molar-refractivity contribution in [1.29, 1.82) is 0 Å². The molecule has 1 unspecified atom stereocenters. The predicted octanol–water partition coefficient (Wildman–Crippen LogP) is 0.204. The number of tetrazole rings is 1. The number of carbonyl (C=O) groups is 1. The van der Waals surface area contributed by atoms with E-state index < -0.39 is 0 Å². The fourth-order valence-corrected chi connectivity index (χ4v) is 3.50. The number of hydrogen-bond donors (Lipinski definition) is 2. The number of aryl methyl sites for hydroxylation is 1. The highest BCUT2D eigenvalue weighted by atomic mass is 35.5. The third-order valence-corrected chi connectivity index (χ3v) is 5.01. The van der Waals surface area contributed by atoms with Crippen molar-refractivity contribution in [3.05, 3.63) is 18.0 Å². The Balaban J connectivity index is 0.00000225. The standard InChI is InChI=1S/C14H22N8OS.ClH/c1-21-14(18-19-20-21)24-8-7-16-13(23)10-22-12(4-6-17-22)11-3-2-5-15-9-11;/h4,6,11,15H,2-3,5,7-10H2,1H3,(H,16,23);1H. The summed E-state index contributed by atoms with van der Waals surface area (Å²) in [6.45, 7) is 2.85. The van der Waals surface area contributed by atoms with Crippen LogP contribution in [-0.4, -0.2) is 61.3 Å². The molecule has 0 aliphatic carbocycles. The highest BCUT2D eigenvalue weighted by Crippen LogP contribution is 2.22. The number of rotatable bonds is 7. The van der Waals surface area contributed by atoms with Gasteiger partial charge in [-0.2, -0.15) is 5.10 Å². The molecule has 9 nitrogen and oxygen atoms in total. The van der Waals surface area contributed by atoms with E-state index >= 15 is 0 Å². The number of carbonyl (C=O) groups excluding carboxylic acids is 1. The molecule has 1 aliphatic rings. The predicted molar refractivity (Wildman–Crippen MR) is 96.9 cm³/mol. The molecule has 11 heteroatoms. The molecule has 0 spiro atoms. The average molecular weight is 387 g/mol. The number of thioether (sulfide) groups is 1. The van der Waals surface area contributed by atoms with E-state index in [-0.39, 0.29) is 24.9 Å². The minimum Gasteiger partial charge on any atom is -0.354 e. The van der Waals surface area contributed by atoms with Gasteiger partial charge in [0.15, 0.2) is 0 Å². The lowest BCUT2D eigenvalue weighted by molar-refractivity contribution is -0.121. The number of halogens is 1. The molecule has 2 aromatic rings. The Bertz CT molecular complexity index is 669. The lowest BCUT2D eigenvalue weighted by Crippen LogP contribution is -2.33. The van der Waals surface area contributed by atoms with Crippen LogP contribution in [0.3, 0.4) is 0 Å². The van der Waals surface area contributed by atoms with Gasteiger partial charge in [-0.1, -0.05) is 11.8 Å². The summed E-state index contributed by atoms with van der Waals surface area (Å²) in [7, 11) is 1.79. The summed E-state index contributed by atoms with van der Waals surface area (Å²) in [5, 5.41) is 22.6. The van der Waals surface area contributed by atoms with E-state index in [1.165, 1.54) is 11.8 Å². The number of nitrogens with one attached hydrogen (secondary N) is 2. The second-order valence-corrected chi connectivity index (χ2v) is 6.80. The summed E-state index contributed by atoms with van der Waals surface area (Å²) < 4.78 is 3.42. The maximum absolute atomic E-state index is 12.1. The van der Waals surface area contributed by atoms with Gasteiger partial charge in [-0.3, -0.25) is 9.48 Å². The second-order valence-electron chi connectivity index (χ2n) is 5.74. The third kappa shape index (κ3) is 5.41. The van der Waals surface area contributed by atoms with E-state index in [1.807, 2.05) is 10.7 Å². The van der Waals surface area contributed by atoms with Gasteiger partial charge in [0.05, 0.1) is 0 Å².